The van der Waals surface area contributed by atoms with E-state index in [0.29, 0.717) is 11.3 Å². The third-order valence-electron chi connectivity index (χ3n) is 5.13. The van der Waals surface area contributed by atoms with Crippen molar-refractivity contribution in [2.24, 2.45) is 0 Å². The largest absolute Gasteiger partial charge is 0.497 e. The van der Waals surface area contributed by atoms with Crippen LogP contribution in [0.2, 0.25) is 0 Å². The monoisotopic (exact) mass is 421 g/mol. The van der Waals surface area contributed by atoms with E-state index in [1.54, 1.807) is 55.5 Å². The van der Waals surface area contributed by atoms with Crippen molar-refractivity contribution in [2.45, 2.75) is 17.9 Å². The molecule has 0 bridgehead atoms. The Kier molecular flexibility index (Phi) is 5.01. The molecule has 3 aromatic rings. The number of methoxy groups -OCH3 is 1. The number of ketones is 2. The highest BCUT2D eigenvalue weighted by atomic mass is 32.2. The van der Waals surface area contributed by atoms with Crippen LogP contribution in [0.25, 0.3) is 0 Å². The molecule has 0 amide bonds. The van der Waals surface area contributed by atoms with Gasteiger partial charge in [-0.2, -0.15) is 0 Å². The molecular formula is C23H19NO5S. The summed E-state index contributed by atoms with van der Waals surface area (Å²) >= 11 is 0. The number of sulfonamides is 1. The number of nitrogens with one attached hydrogen (secondary N) is 1. The van der Waals surface area contributed by atoms with Crippen LogP contribution in [-0.2, 0) is 10.0 Å². The van der Waals surface area contributed by atoms with Gasteiger partial charge in [0.2, 0.25) is 10.0 Å². The lowest BCUT2D eigenvalue weighted by Gasteiger charge is -2.19. The number of hydrogen-bond acceptors (Lipinski definition) is 5. The van der Waals surface area contributed by atoms with Gasteiger partial charge >= 0.3 is 0 Å². The minimum absolute atomic E-state index is 0.0727. The number of ether oxygens (including phenoxy) is 1. The molecule has 1 aliphatic carbocycles. The molecule has 4 rings (SSSR count). The maximum atomic E-state index is 13.0. The normalized spacial score (nSPS) is 14.1. The molecule has 0 heterocycles. The van der Waals surface area contributed by atoms with Crippen LogP contribution < -0.4 is 9.46 Å². The first-order chi connectivity index (χ1) is 14.3. The number of hydrogen-bond donors (Lipinski definition) is 1. The number of carbonyl (C=O) groups is 2. The maximum Gasteiger partial charge on any atom is 0.241 e. The van der Waals surface area contributed by atoms with E-state index in [1.165, 1.54) is 25.3 Å². The molecule has 0 saturated heterocycles. The molecule has 1 aliphatic rings. The van der Waals surface area contributed by atoms with Crippen molar-refractivity contribution in [3.8, 4) is 5.75 Å². The SMILES string of the molecule is COc1cccc(C(C)NS(=O)(=O)c2ccc3c(c2)C(=O)c2ccccc2C3=O)c1. The highest BCUT2D eigenvalue weighted by Gasteiger charge is 2.31. The van der Waals surface area contributed by atoms with Gasteiger partial charge in [0.15, 0.2) is 11.6 Å². The summed E-state index contributed by atoms with van der Waals surface area (Å²) in [5.74, 6) is -0.0324. The van der Waals surface area contributed by atoms with E-state index in [1.807, 2.05) is 0 Å². The molecule has 7 heteroatoms. The topological polar surface area (TPSA) is 89.5 Å². The summed E-state index contributed by atoms with van der Waals surface area (Å²) < 4.78 is 33.7. The second kappa shape index (κ2) is 7.51. The van der Waals surface area contributed by atoms with Crippen molar-refractivity contribution in [1.82, 2.24) is 4.72 Å². The van der Waals surface area contributed by atoms with Crippen molar-refractivity contribution in [3.05, 3.63) is 94.5 Å². The van der Waals surface area contributed by atoms with Crippen LogP contribution in [0.5, 0.6) is 5.75 Å². The van der Waals surface area contributed by atoms with E-state index < -0.39 is 16.1 Å². The minimum Gasteiger partial charge on any atom is -0.497 e. The fourth-order valence-corrected chi connectivity index (χ4v) is 4.78. The fourth-order valence-electron chi connectivity index (χ4n) is 3.53. The van der Waals surface area contributed by atoms with Gasteiger partial charge in [0.25, 0.3) is 0 Å². The van der Waals surface area contributed by atoms with Crippen molar-refractivity contribution >= 4 is 21.6 Å². The molecule has 0 spiro atoms. The molecule has 3 aromatic carbocycles. The van der Waals surface area contributed by atoms with Crippen LogP contribution in [0.15, 0.2) is 71.6 Å². The Morgan fingerprint density at radius 2 is 1.43 bits per heavy atom. The molecule has 0 saturated carbocycles. The van der Waals surface area contributed by atoms with Crippen LogP contribution in [0.4, 0.5) is 0 Å². The summed E-state index contributed by atoms with van der Waals surface area (Å²) in [6.07, 6.45) is 0. The smallest absolute Gasteiger partial charge is 0.241 e. The van der Waals surface area contributed by atoms with Crippen molar-refractivity contribution < 1.29 is 22.7 Å². The fraction of sp³-hybridized carbons (Fsp3) is 0.130. The van der Waals surface area contributed by atoms with E-state index in [4.69, 9.17) is 4.74 Å². The first-order valence-corrected chi connectivity index (χ1v) is 10.8. The first-order valence-electron chi connectivity index (χ1n) is 9.30. The number of carbonyl (C=O) groups excluding carboxylic acids is 2. The lowest BCUT2D eigenvalue weighted by atomic mass is 9.84. The molecule has 30 heavy (non-hydrogen) atoms. The highest BCUT2D eigenvalue weighted by Crippen LogP contribution is 2.29. The Bertz CT molecular complexity index is 1280. The Morgan fingerprint density at radius 1 is 0.800 bits per heavy atom. The number of rotatable bonds is 5. The second-order valence-corrected chi connectivity index (χ2v) is 8.74. The van der Waals surface area contributed by atoms with Crippen molar-refractivity contribution in [3.63, 3.8) is 0 Å². The molecule has 1 unspecified atom stereocenters. The van der Waals surface area contributed by atoms with Gasteiger partial charge in [-0.15, -0.1) is 0 Å². The molecule has 0 aliphatic heterocycles. The average molecular weight is 421 g/mol. The van der Waals surface area contributed by atoms with Crippen LogP contribution in [-0.4, -0.2) is 27.1 Å². The van der Waals surface area contributed by atoms with Crippen LogP contribution in [0, 0.1) is 0 Å². The number of benzene rings is 3. The third kappa shape index (κ3) is 3.42. The Balaban J connectivity index is 1.68. The van der Waals surface area contributed by atoms with Gasteiger partial charge in [0.05, 0.1) is 12.0 Å². The minimum atomic E-state index is -3.93. The zero-order valence-electron chi connectivity index (χ0n) is 16.4. The lowest BCUT2D eigenvalue weighted by Crippen LogP contribution is -2.28. The predicted molar refractivity (Wildman–Crippen MR) is 111 cm³/mol. The number of fused-ring (bicyclic) bond motifs is 2. The summed E-state index contributed by atoms with van der Waals surface area (Å²) in [6, 6.07) is 17.1. The molecule has 6 nitrogen and oxygen atoms in total. The summed E-state index contributed by atoms with van der Waals surface area (Å²) in [4.78, 5) is 25.5. The summed E-state index contributed by atoms with van der Waals surface area (Å²) in [7, 11) is -2.39. The van der Waals surface area contributed by atoms with Gasteiger partial charge in [-0.3, -0.25) is 9.59 Å². The Labute approximate surface area is 174 Å². The standard InChI is InChI=1S/C23H19NO5S/c1-14(15-6-5-7-16(12-15)29-2)24-30(27,28)17-10-11-20-21(13-17)23(26)19-9-4-3-8-18(19)22(20)25/h3-14,24H,1-2H3. The lowest BCUT2D eigenvalue weighted by molar-refractivity contribution is 0.0979. The zero-order chi connectivity index (χ0) is 21.5. The van der Waals surface area contributed by atoms with E-state index in [9.17, 15) is 18.0 Å². The summed E-state index contributed by atoms with van der Waals surface area (Å²) in [6.45, 7) is 1.72. The van der Waals surface area contributed by atoms with Gasteiger partial charge in [-0.25, -0.2) is 13.1 Å². The van der Waals surface area contributed by atoms with Gasteiger partial charge in [-0.1, -0.05) is 36.4 Å². The van der Waals surface area contributed by atoms with E-state index >= 15 is 0 Å². The quantitative estimate of drug-likeness (QED) is 0.533. The molecule has 0 aromatic heterocycles. The molecule has 0 radical (unpaired) electrons. The first kappa shape index (κ1) is 20.0. The van der Waals surface area contributed by atoms with E-state index in [2.05, 4.69) is 4.72 Å². The Morgan fingerprint density at radius 3 is 2.10 bits per heavy atom. The molecule has 152 valence electrons. The van der Waals surface area contributed by atoms with Crippen molar-refractivity contribution in [2.75, 3.05) is 7.11 Å². The Hall–Kier alpha value is -3.29. The van der Waals surface area contributed by atoms with Crippen LogP contribution in [0.3, 0.4) is 0 Å². The second-order valence-electron chi connectivity index (χ2n) is 7.03. The van der Waals surface area contributed by atoms with E-state index in [-0.39, 0.29) is 33.2 Å². The van der Waals surface area contributed by atoms with Gasteiger partial charge in [-0.05, 0) is 42.8 Å². The van der Waals surface area contributed by atoms with Crippen LogP contribution >= 0.6 is 0 Å². The molecule has 1 N–H and O–H groups in total. The molecular weight excluding hydrogens is 402 g/mol. The summed E-state index contributed by atoms with van der Waals surface area (Å²) in [5, 5.41) is 0. The average Bonchev–Trinajstić information content (AvgIpc) is 2.76. The van der Waals surface area contributed by atoms with Crippen LogP contribution in [0.1, 0.15) is 50.4 Å². The van der Waals surface area contributed by atoms with Gasteiger partial charge < -0.3 is 4.74 Å². The third-order valence-corrected chi connectivity index (χ3v) is 6.67. The van der Waals surface area contributed by atoms with Crippen molar-refractivity contribution in [1.29, 1.82) is 0 Å². The van der Waals surface area contributed by atoms with Gasteiger partial charge in [0, 0.05) is 28.3 Å². The molecule has 0 fully saturated rings. The predicted octanol–water partition coefficient (Wildman–Crippen LogP) is 3.51. The van der Waals surface area contributed by atoms with E-state index in [0.717, 1.165) is 5.56 Å². The van der Waals surface area contributed by atoms with Gasteiger partial charge in [0.1, 0.15) is 5.75 Å². The summed E-state index contributed by atoms with van der Waals surface area (Å²) in [5.41, 5.74) is 1.64. The molecule has 1 atom stereocenters. The maximum absolute atomic E-state index is 13.0. The highest BCUT2D eigenvalue weighted by molar-refractivity contribution is 7.89. The zero-order valence-corrected chi connectivity index (χ0v) is 17.2.